The van der Waals surface area contributed by atoms with Gasteiger partial charge >= 0.3 is 0 Å². The van der Waals surface area contributed by atoms with Gasteiger partial charge in [0.2, 0.25) is 11.7 Å². The lowest BCUT2D eigenvalue weighted by molar-refractivity contribution is 0.364. The van der Waals surface area contributed by atoms with Crippen LogP contribution in [0.1, 0.15) is 19.7 Å². The predicted octanol–water partition coefficient (Wildman–Crippen LogP) is 3.31. The molecule has 0 aliphatic heterocycles. The third-order valence-corrected chi connectivity index (χ3v) is 3.71. The zero-order valence-corrected chi connectivity index (χ0v) is 12.1. The van der Waals surface area contributed by atoms with Gasteiger partial charge in [0.15, 0.2) is 0 Å². The molecule has 4 nitrogen and oxygen atoms in total. The van der Waals surface area contributed by atoms with Gasteiger partial charge in [-0.3, -0.25) is 0 Å². The van der Waals surface area contributed by atoms with E-state index in [4.69, 9.17) is 4.52 Å². The zero-order valence-electron chi connectivity index (χ0n) is 9.74. The first-order valence-corrected chi connectivity index (χ1v) is 7.05. The number of aromatic nitrogens is 2. The molecule has 2 aromatic rings. The molecule has 0 saturated carbocycles. The van der Waals surface area contributed by atoms with Crippen molar-refractivity contribution in [3.8, 4) is 10.7 Å². The van der Waals surface area contributed by atoms with E-state index in [1.807, 2.05) is 12.1 Å². The highest BCUT2D eigenvalue weighted by molar-refractivity contribution is 9.11. The monoisotopic (exact) mass is 315 g/mol. The highest BCUT2D eigenvalue weighted by Crippen LogP contribution is 2.29. The van der Waals surface area contributed by atoms with Crippen LogP contribution < -0.4 is 5.32 Å². The Bertz CT molecular complexity index is 481. The second kappa shape index (κ2) is 5.75. The second-order valence-corrected chi connectivity index (χ2v) is 6.60. The normalized spacial score (nSPS) is 11.3. The van der Waals surface area contributed by atoms with E-state index in [1.165, 1.54) is 0 Å². The van der Waals surface area contributed by atoms with E-state index in [1.54, 1.807) is 11.3 Å². The molecule has 1 N–H and O–H groups in total. The number of halogens is 1. The maximum Gasteiger partial charge on any atom is 0.240 e. The molecule has 6 heteroatoms. The Morgan fingerprint density at radius 3 is 2.94 bits per heavy atom. The molecule has 2 heterocycles. The molecule has 0 spiro atoms. The molecule has 2 aromatic heterocycles. The Labute approximate surface area is 113 Å². The third kappa shape index (κ3) is 3.62. The van der Waals surface area contributed by atoms with Crippen molar-refractivity contribution in [2.45, 2.75) is 20.4 Å². The van der Waals surface area contributed by atoms with Gasteiger partial charge in [0.25, 0.3) is 0 Å². The predicted molar refractivity (Wildman–Crippen MR) is 71.9 cm³/mol. The fraction of sp³-hybridized carbons (Fsp3) is 0.455. The van der Waals surface area contributed by atoms with Gasteiger partial charge in [-0.2, -0.15) is 4.98 Å². The van der Waals surface area contributed by atoms with Crippen molar-refractivity contribution in [2.24, 2.45) is 5.92 Å². The van der Waals surface area contributed by atoms with E-state index in [0.29, 0.717) is 24.2 Å². The first-order chi connectivity index (χ1) is 8.15. The van der Waals surface area contributed by atoms with Crippen LogP contribution in [0.2, 0.25) is 0 Å². The van der Waals surface area contributed by atoms with E-state index < -0.39 is 0 Å². The van der Waals surface area contributed by atoms with Gasteiger partial charge in [0, 0.05) is 0 Å². The minimum Gasteiger partial charge on any atom is -0.338 e. The van der Waals surface area contributed by atoms with Gasteiger partial charge in [-0.05, 0) is 40.5 Å². The van der Waals surface area contributed by atoms with Crippen molar-refractivity contribution in [3.63, 3.8) is 0 Å². The first-order valence-electron chi connectivity index (χ1n) is 5.44. The summed E-state index contributed by atoms with van der Waals surface area (Å²) in [6.07, 6.45) is 0. The van der Waals surface area contributed by atoms with Crippen molar-refractivity contribution in [1.82, 2.24) is 15.5 Å². The lowest BCUT2D eigenvalue weighted by atomic mass is 10.2. The number of nitrogens with zero attached hydrogens (tertiary/aromatic N) is 2. The molecule has 0 aliphatic carbocycles. The van der Waals surface area contributed by atoms with Gasteiger partial charge in [-0.15, -0.1) is 11.3 Å². The van der Waals surface area contributed by atoms with Gasteiger partial charge in [0.1, 0.15) is 0 Å². The Hall–Kier alpha value is -0.720. The average Bonchev–Trinajstić information content (AvgIpc) is 2.86. The van der Waals surface area contributed by atoms with Crippen molar-refractivity contribution < 1.29 is 4.52 Å². The molecule has 0 bridgehead atoms. The van der Waals surface area contributed by atoms with Crippen molar-refractivity contribution in [3.05, 3.63) is 21.8 Å². The molecule has 0 unspecified atom stereocenters. The van der Waals surface area contributed by atoms with E-state index in [9.17, 15) is 0 Å². The molecule has 0 amide bonds. The molecule has 0 aromatic carbocycles. The number of thiophene rings is 1. The Morgan fingerprint density at radius 1 is 1.47 bits per heavy atom. The van der Waals surface area contributed by atoms with Gasteiger partial charge in [-0.1, -0.05) is 19.0 Å². The van der Waals surface area contributed by atoms with Crippen LogP contribution in [-0.2, 0) is 6.54 Å². The maximum absolute atomic E-state index is 5.18. The standard InChI is InChI=1S/C11H14BrN3OS/c1-7(2)5-13-6-10-14-11(15-16-10)8-3-4-9(12)17-8/h3-4,7,13H,5-6H2,1-2H3. The van der Waals surface area contributed by atoms with Crippen LogP contribution in [0.25, 0.3) is 10.7 Å². The highest BCUT2D eigenvalue weighted by atomic mass is 79.9. The van der Waals surface area contributed by atoms with E-state index in [2.05, 4.69) is 45.2 Å². The van der Waals surface area contributed by atoms with Gasteiger partial charge < -0.3 is 9.84 Å². The summed E-state index contributed by atoms with van der Waals surface area (Å²) in [7, 11) is 0. The quantitative estimate of drug-likeness (QED) is 0.919. The van der Waals surface area contributed by atoms with Crippen molar-refractivity contribution in [1.29, 1.82) is 0 Å². The van der Waals surface area contributed by atoms with Gasteiger partial charge in [0.05, 0.1) is 15.2 Å². The number of nitrogens with one attached hydrogen (secondary N) is 1. The summed E-state index contributed by atoms with van der Waals surface area (Å²) in [5, 5.41) is 7.23. The minimum atomic E-state index is 0.616. The Morgan fingerprint density at radius 2 is 2.29 bits per heavy atom. The van der Waals surface area contributed by atoms with Crippen LogP contribution in [0.5, 0.6) is 0 Å². The van der Waals surface area contributed by atoms with Crippen molar-refractivity contribution >= 4 is 27.3 Å². The van der Waals surface area contributed by atoms with Crippen LogP contribution >= 0.6 is 27.3 Å². The zero-order chi connectivity index (χ0) is 12.3. The molecular weight excluding hydrogens is 302 g/mol. The van der Waals surface area contributed by atoms with Crippen LogP contribution in [-0.4, -0.2) is 16.7 Å². The number of rotatable bonds is 5. The minimum absolute atomic E-state index is 0.616. The molecule has 0 aliphatic rings. The molecule has 0 saturated heterocycles. The van der Waals surface area contributed by atoms with Crippen LogP contribution in [0, 0.1) is 5.92 Å². The molecule has 92 valence electrons. The van der Waals surface area contributed by atoms with Gasteiger partial charge in [-0.25, -0.2) is 0 Å². The van der Waals surface area contributed by atoms with E-state index >= 15 is 0 Å². The summed E-state index contributed by atoms with van der Waals surface area (Å²) < 4.78 is 6.24. The van der Waals surface area contributed by atoms with Crippen molar-refractivity contribution in [2.75, 3.05) is 6.54 Å². The molecular formula is C11H14BrN3OS. The highest BCUT2D eigenvalue weighted by Gasteiger charge is 2.10. The fourth-order valence-corrected chi connectivity index (χ4v) is 2.64. The van der Waals surface area contributed by atoms with E-state index in [0.717, 1.165) is 15.2 Å². The smallest absolute Gasteiger partial charge is 0.240 e. The summed E-state index contributed by atoms with van der Waals surface area (Å²) in [6, 6.07) is 3.96. The summed E-state index contributed by atoms with van der Waals surface area (Å²) in [6.45, 7) is 5.89. The summed E-state index contributed by atoms with van der Waals surface area (Å²) in [5.74, 6) is 1.90. The van der Waals surface area contributed by atoms with E-state index in [-0.39, 0.29) is 0 Å². The Balaban J connectivity index is 1.96. The lowest BCUT2D eigenvalue weighted by Gasteiger charge is -2.03. The second-order valence-electron chi connectivity index (χ2n) is 4.14. The average molecular weight is 316 g/mol. The molecule has 2 rings (SSSR count). The number of hydrogen-bond acceptors (Lipinski definition) is 5. The summed E-state index contributed by atoms with van der Waals surface area (Å²) in [5.41, 5.74) is 0. The lowest BCUT2D eigenvalue weighted by Crippen LogP contribution is -2.19. The largest absolute Gasteiger partial charge is 0.338 e. The first kappa shape index (κ1) is 12.7. The SMILES string of the molecule is CC(C)CNCc1nc(-c2ccc(Br)s2)no1. The maximum atomic E-state index is 5.18. The van der Waals surface area contributed by atoms with Crippen LogP contribution in [0.15, 0.2) is 20.4 Å². The summed E-state index contributed by atoms with van der Waals surface area (Å²) in [4.78, 5) is 5.35. The number of hydrogen-bond donors (Lipinski definition) is 1. The molecule has 0 atom stereocenters. The fourth-order valence-electron chi connectivity index (χ4n) is 1.33. The van der Waals surface area contributed by atoms with Crippen LogP contribution in [0.3, 0.4) is 0 Å². The Kier molecular flexibility index (Phi) is 4.31. The third-order valence-electron chi connectivity index (χ3n) is 2.09. The molecule has 17 heavy (non-hydrogen) atoms. The van der Waals surface area contributed by atoms with Crippen LogP contribution in [0.4, 0.5) is 0 Å². The molecule has 0 fully saturated rings. The topological polar surface area (TPSA) is 51.0 Å². The molecule has 0 radical (unpaired) electrons. The summed E-state index contributed by atoms with van der Waals surface area (Å²) >= 11 is 5.01.